The molecule has 1 heterocycles. The van der Waals surface area contributed by atoms with Crippen LogP contribution in [0.4, 0.5) is 0 Å². The number of hydrogen-bond donors (Lipinski definition) is 1. The molecule has 98 valence electrons. The van der Waals surface area contributed by atoms with Crippen LogP contribution < -0.4 is 0 Å². The predicted molar refractivity (Wildman–Crippen MR) is 77.0 cm³/mol. The molecule has 0 aliphatic heterocycles. The molecule has 1 aromatic rings. The summed E-state index contributed by atoms with van der Waals surface area (Å²) in [7, 11) is 0. The highest BCUT2D eigenvalue weighted by Crippen LogP contribution is 2.33. The molecule has 1 rings (SSSR count). The first-order chi connectivity index (χ1) is 8.08. The van der Waals surface area contributed by atoms with Crippen molar-refractivity contribution < 1.29 is 9.52 Å². The van der Waals surface area contributed by atoms with Gasteiger partial charge in [-0.2, -0.15) is 0 Å². The van der Waals surface area contributed by atoms with Gasteiger partial charge in [-0.05, 0) is 50.3 Å². The van der Waals surface area contributed by atoms with Crippen LogP contribution in [0.1, 0.15) is 57.8 Å². The fraction of sp³-hybridized carbons (Fsp3) is 0.692. The summed E-state index contributed by atoms with van der Waals surface area (Å²) in [5, 5.41) is 10.1. The van der Waals surface area contributed by atoms with Crippen LogP contribution in [0.2, 0.25) is 0 Å². The van der Waals surface area contributed by atoms with Gasteiger partial charge < -0.3 is 9.52 Å². The fourth-order valence-electron chi connectivity index (χ4n) is 1.94. The van der Waals surface area contributed by atoms with E-state index in [-0.39, 0.29) is 0 Å². The molecule has 0 amide bonds. The molecule has 2 nitrogen and oxygen atoms in total. The van der Waals surface area contributed by atoms with E-state index in [2.05, 4.69) is 45.7 Å². The summed E-state index contributed by atoms with van der Waals surface area (Å²) in [4.78, 5) is 0. The van der Waals surface area contributed by atoms with Gasteiger partial charge in [-0.25, -0.2) is 0 Å². The molecular formula is C13H20Br2O2. The molecular weight excluding hydrogens is 348 g/mol. The lowest BCUT2D eigenvalue weighted by atomic mass is 9.92. The van der Waals surface area contributed by atoms with Gasteiger partial charge in [0, 0.05) is 0 Å². The smallest absolute Gasteiger partial charge is 0.183 e. The van der Waals surface area contributed by atoms with Crippen molar-refractivity contribution in [3.8, 4) is 0 Å². The van der Waals surface area contributed by atoms with Crippen LogP contribution in [0.3, 0.4) is 0 Å². The zero-order valence-corrected chi connectivity index (χ0v) is 13.6. The first-order valence-corrected chi connectivity index (χ1v) is 7.79. The highest BCUT2D eigenvalue weighted by Gasteiger charge is 2.18. The molecule has 1 aromatic heterocycles. The van der Waals surface area contributed by atoms with Crippen molar-refractivity contribution in [2.24, 2.45) is 5.92 Å². The number of rotatable bonds is 7. The number of aliphatic hydroxyl groups is 1. The van der Waals surface area contributed by atoms with E-state index in [0.717, 1.165) is 17.3 Å². The monoisotopic (exact) mass is 366 g/mol. The Morgan fingerprint density at radius 2 is 2.06 bits per heavy atom. The van der Waals surface area contributed by atoms with Crippen LogP contribution in [-0.4, -0.2) is 5.11 Å². The predicted octanol–water partition coefficient (Wildman–Crippen LogP) is 5.44. The van der Waals surface area contributed by atoms with Crippen LogP contribution >= 0.6 is 31.9 Å². The molecule has 0 aromatic carbocycles. The number of furan rings is 1. The van der Waals surface area contributed by atoms with Gasteiger partial charge in [-0.3, -0.25) is 0 Å². The lowest BCUT2D eigenvalue weighted by Gasteiger charge is -2.17. The maximum atomic E-state index is 10.1. The molecule has 0 aliphatic rings. The van der Waals surface area contributed by atoms with Crippen LogP contribution in [-0.2, 0) is 0 Å². The van der Waals surface area contributed by atoms with Crippen molar-refractivity contribution >= 4 is 31.9 Å². The number of unbranched alkanes of at least 4 members (excludes halogenated alkanes) is 1. The molecule has 0 saturated carbocycles. The van der Waals surface area contributed by atoms with Crippen molar-refractivity contribution in [3.05, 3.63) is 21.0 Å². The van der Waals surface area contributed by atoms with E-state index >= 15 is 0 Å². The summed E-state index contributed by atoms with van der Waals surface area (Å²) in [6.45, 7) is 4.38. The Hall–Kier alpha value is 0.200. The topological polar surface area (TPSA) is 33.4 Å². The van der Waals surface area contributed by atoms with Gasteiger partial charge in [-0.1, -0.05) is 39.5 Å². The van der Waals surface area contributed by atoms with Crippen LogP contribution in [0.25, 0.3) is 0 Å². The lowest BCUT2D eigenvalue weighted by molar-refractivity contribution is 0.114. The van der Waals surface area contributed by atoms with E-state index in [1.807, 2.05) is 6.07 Å². The van der Waals surface area contributed by atoms with Gasteiger partial charge in [0.2, 0.25) is 0 Å². The second-order valence-corrected chi connectivity index (χ2v) is 6.01. The standard InChI is InChI=1S/C13H20Br2O2/c1-3-5-6-9(4-2)7-11(16)12-8-10(14)13(15)17-12/h8-9,11,16H,3-7H2,1-2H3. The van der Waals surface area contributed by atoms with Crippen molar-refractivity contribution in [2.75, 3.05) is 0 Å². The largest absolute Gasteiger partial charge is 0.450 e. The highest BCUT2D eigenvalue weighted by atomic mass is 79.9. The minimum absolute atomic E-state index is 0.501. The average molecular weight is 368 g/mol. The third kappa shape index (κ3) is 4.76. The quantitative estimate of drug-likeness (QED) is 0.695. The molecule has 17 heavy (non-hydrogen) atoms. The van der Waals surface area contributed by atoms with Gasteiger partial charge in [0.1, 0.15) is 11.9 Å². The normalized spacial score (nSPS) is 14.9. The Bertz CT molecular complexity index is 317. The minimum atomic E-state index is -0.501. The van der Waals surface area contributed by atoms with Gasteiger partial charge in [-0.15, -0.1) is 0 Å². The third-order valence-corrected chi connectivity index (χ3v) is 4.80. The Balaban J connectivity index is 2.54. The molecule has 2 unspecified atom stereocenters. The lowest BCUT2D eigenvalue weighted by Crippen LogP contribution is -2.06. The molecule has 0 aliphatic carbocycles. The Morgan fingerprint density at radius 1 is 1.35 bits per heavy atom. The molecule has 0 spiro atoms. The second-order valence-electron chi connectivity index (χ2n) is 4.44. The number of aliphatic hydroxyl groups excluding tert-OH is 1. The van der Waals surface area contributed by atoms with Gasteiger partial charge in [0.15, 0.2) is 4.67 Å². The molecule has 0 radical (unpaired) electrons. The second kappa shape index (κ2) is 7.59. The third-order valence-electron chi connectivity index (χ3n) is 3.09. The summed E-state index contributed by atoms with van der Waals surface area (Å²) in [6.07, 6.45) is 5.02. The van der Waals surface area contributed by atoms with E-state index in [0.29, 0.717) is 16.3 Å². The molecule has 1 N–H and O–H groups in total. The first-order valence-electron chi connectivity index (χ1n) is 6.21. The summed E-state index contributed by atoms with van der Waals surface area (Å²) in [5.41, 5.74) is 0. The Labute approximate surface area is 120 Å². The van der Waals surface area contributed by atoms with Crippen LogP contribution in [0.15, 0.2) is 19.6 Å². The molecule has 0 fully saturated rings. The summed E-state index contributed by atoms with van der Waals surface area (Å²) in [6, 6.07) is 1.83. The van der Waals surface area contributed by atoms with Crippen LogP contribution in [0, 0.1) is 5.92 Å². The molecule has 0 bridgehead atoms. The fourth-order valence-corrected chi connectivity index (χ4v) is 2.55. The van der Waals surface area contributed by atoms with E-state index in [1.54, 1.807) is 0 Å². The number of halogens is 2. The first kappa shape index (κ1) is 15.3. The van der Waals surface area contributed by atoms with Crippen LogP contribution in [0.5, 0.6) is 0 Å². The van der Waals surface area contributed by atoms with Gasteiger partial charge in [0.25, 0.3) is 0 Å². The summed E-state index contributed by atoms with van der Waals surface area (Å²) in [5.74, 6) is 1.21. The summed E-state index contributed by atoms with van der Waals surface area (Å²) < 4.78 is 6.95. The summed E-state index contributed by atoms with van der Waals surface area (Å²) >= 11 is 6.64. The maximum absolute atomic E-state index is 10.1. The minimum Gasteiger partial charge on any atom is -0.450 e. The SMILES string of the molecule is CCCCC(CC)CC(O)c1cc(Br)c(Br)o1. The average Bonchev–Trinajstić information content (AvgIpc) is 2.65. The zero-order chi connectivity index (χ0) is 12.8. The maximum Gasteiger partial charge on any atom is 0.183 e. The Morgan fingerprint density at radius 3 is 2.53 bits per heavy atom. The zero-order valence-electron chi connectivity index (χ0n) is 10.4. The molecule has 2 atom stereocenters. The van der Waals surface area contributed by atoms with Crippen molar-refractivity contribution in [3.63, 3.8) is 0 Å². The van der Waals surface area contributed by atoms with Crippen molar-refractivity contribution in [1.29, 1.82) is 0 Å². The van der Waals surface area contributed by atoms with E-state index in [9.17, 15) is 5.11 Å². The molecule has 0 saturated heterocycles. The van der Waals surface area contributed by atoms with Crippen molar-refractivity contribution in [2.45, 2.75) is 52.1 Å². The van der Waals surface area contributed by atoms with Gasteiger partial charge >= 0.3 is 0 Å². The molecule has 4 heteroatoms. The number of hydrogen-bond acceptors (Lipinski definition) is 2. The van der Waals surface area contributed by atoms with Crippen molar-refractivity contribution in [1.82, 2.24) is 0 Å². The Kier molecular flexibility index (Phi) is 6.82. The van der Waals surface area contributed by atoms with E-state index in [4.69, 9.17) is 4.42 Å². The van der Waals surface area contributed by atoms with E-state index < -0.39 is 6.10 Å². The van der Waals surface area contributed by atoms with Gasteiger partial charge in [0.05, 0.1) is 4.47 Å². The highest BCUT2D eigenvalue weighted by molar-refractivity contribution is 9.13. The van der Waals surface area contributed by atoms with E-state index in [1.165, 1.54) is 19.3 Å².